The van der Waals surface area contributed by atoms with Crippen molar-refractivity contribution in [2.45, 2.75) is 44.1 Å². The highest BCUT2D eigenvalue weighted by Crippen LogP contribution is 2.44. The predicted octanol–water partition coefficient (Wildman–Crippen LogP) is 1.37. The average molecular weight is 183 g/mol. The summed E-state index contributed by atoms with van der Waals surface area (Å²) >= 11 is 0. The van der Waals surface area contributed by atoms with E-state index in [9.17, 15) is 4.79 Å². The van der Waals surface area contributed by atoms with E-state index in [-0.39, 0.29) is 0 Å². The third-order valence-corrected chi connectivity index (χ3v) is 3.83. The second-order valence-corrected chi connectivity index (χ2v) is 4.66. The Hall–Kier alpha value is -0.570. The Morgan fingerprint density at radius 1 is 1.31 bits per heavy atom. The van der Waals surface area contributed by atoms with Crippen molar-refractivity contribution in [1.82, 2.24) is 0 Å². The van der Waals surface area contributed by atoms with Crippen LogP contribution in [0.3, 0.4) is 0 Å². The van der Waals surface area contributed by atoms with Gasteiger partial charge in [0.05, 0.1) is 0 Å². The van der Waals surface area contributed by atoms with Gasteiger partial charge in [-0.15, -0.1) is 0 Å². The van der Waals surface area contributed by atoms with Crippen molar-refractivity contribution in [1.29, 1.82) is 0 Å². The van der Waals surface area contributed by atoms with Crippen LogP contribution >= 0.6 is 0 Å². The molecule has 2 saturated carbocycles. The smallest absolute Gasteiger partial charge is 0.323 e. The van der Waals surface area contributed by atoms with E-state index in [1.165, 1.54) is 19.3 Å². The van der Waals surface area contributed by atoms with Crippen molar-refractivity contribution in [3.8, 4) is 0 Å². The zero-order chi connectivity index (χ0) is 9.47. The highest BCUT2D eigenvalue weighted by molar-refractivity contribution is 5.78. The van der Waals surface area contributed by atoms with E-state index in [4.69, 9.17) is 10.8 Å². The van der Waals surface area contributed by atoms with Gasteiger partial charge in [-0.1, -0.05) is 19.3 Å². The molecular weight excluding hydrogens is 166 g/mol. The average Bonchev–Trinajstić information content (AvgIpc) is 2.50. The summed E-state index contributed by atoms with van der Waals surface area (Å²) in [4.78, 5) is 10.9. The molecule has 0 spiro atoms. The van der Waals surface area contributed by atoms with Gasteiger partial charge >= 0.3 is 5.97 Å². The molecule has 3 N–H and O–H groups in total. The number of carboxylic acids is 1. The van der Waals surface area contributed by atoms with Crippen LogP contribution in [0.4, 0.5) is 0 Å². The largest absolute Gasteiger partial charge is 0.480 e. The summed E-state index contributed by atoms with van der Waals surface area (Å²) < 4.78 is 0. The maximum Gasteiger partial charge on any atom is 0.323 e. The van der Waals surface area contributed by atoms with E-state index in [1.54, 1.807) is 0 Å². The lowest BCUT2D eigenvalue weighted by Gasteiger charge is -2.36. The van der Waals surface area contributed by atoms with E-state index in [2.05, 4.69) is 0 Å². The summed E-state index contributed by atoms with van der Waals surface area (Å²) in [6.45, 7) is 0. The first-order valence-corrected chi connectivity index (χ1v) is 5.14. The SMILES string of the molecule is NC1(C(=O)O)CCC2CCCC2C1. The molecule has 0 aromatic heterocycles. The Morgan fingerprint density at radius 2 is 2.00 bits per heavy atom. The van der Waals surface area contributed by atoms with E-state index in [0.29, 0.717) is 18.8 Å². The summed E-state index contributed by atoms with van der Waals surface area (Å²) in [5.41, 5.74) is 4.95. The van der Waals surface area contributed by atoms with E-state index >= 15 is 0 Å². The molecule has 2 aliphatic rings. The molecule has 0 bridgehead atoms. The monoisotopic (exact) mass is 183 g/mol. The first-order valence-electron chi connectivity index (χ1n) is 5.14. The summed E-state index contributed by atoms with van der Waals surface area (Å²) in [7, 11) is 0. The Kier molecular flexibility index (Phi) is 2.06. The second-order valence-electron chi connectivity index (χ2n) is 4.66. The molecule has 2 fully saturated rings. The molecular formula is C10H17NO2. The highest BCUT2D eigenvalue weighted by Gasteiger charge is 2.44. The molecule has 0 aromatic rings. The minimum Gasteiger partial charge on any atom is -0.480 e. The van der Waals surface area contributed by atoms with Crippen molar-refractivity contribution < 1.29 is 9.90 Å². The van der Waals surface area contributed by atoms with Gasteiger partial charge in [0.1, 0.15) is 5.54 Å². The Bertz CT molecular complexity index is 229. The summed E-state index contributed by atoms with van der Waals surface area (Å²) in [5.74, 6) is 0.559. The molecule has 13 heavy (non-hydrogen) atoms. The molecule has 2 rings (SSSR count). The lowest BCUT2D eigenvalue weighted by molar-refractivity contribution is -0.145. The Morgan fingerprint density at radius 3 is 2.69 bits per heavy atom. The van der Waals surface area contributed by atoms with Crippen LogP contribution in [0.25, 0.3) is 0 Å². The highest BCUT2D eigenvalue weighted by atomic mass is 16.4. The minimum absolute atomic E-state index is 0.592. The van der Waals surface area contributed by atoms with Crippen LogP contribution in [0.1, 0.15) is 38.5 Å². The van der Waals surface area contributed by atoms with E-state index in [0.717, 1.165) is 12.3 Å². The van der Waals surface area contributed by atoms with Crippen LogP contribution < -0.4 is 5.73 Å². The summed E-state index contributed by atoms with van der Waals surface area (Å²) in [6.07, 6.45) is 6.15. The van der Waals surface area contributed by atoms with Gasteiger partial charge in [-0.25, -0.2) is 0 Å². The molecule has 0 heterocycles. The number of hydrogen-bond acceptors (Lipinski definition) is 2. The Balaban J connectivity index is 2.08. The Labute approximate surface area is 78.3 Å². The van der Waals surface area contributed by atoms with Gasteiger partial charge in [0, 0.05) is 0 Å². The van der Waals surface area contributed by atoms with Gasteiger partial charge in [-0.3, -0.25) is 4.79 Å². The number of fused-ring (bicyclic) bond motifs is 1. The number of hydrogen-bond donors (Lipinski definition) is 2. The number of carbonyl (C=O) groups is 1. The zero-order valence-electron chi connectivity index (χ0n) is 7.83. The standard InChI is InChI=1S/C10H17NO2/c11-10(9(12)13)5-4-7-2-1-3-8(7)6-10/h7-8H,1-6,11H2,(H,12,13). The molecule has 3 heteroatoms. The molecule has 3 nitrogen and oxygen atoms in total. The van der Waals surface area contributed by atoms with Gasteiger partial charge in [-0.2, -0.15) is 0 Å². The van der Waals surface area contributed by atoms with Gasteiger partial charge in [0.2, 0.25) is 0 Å². The van der Waals surface area contributed by atoms with Crippen molar-refractivity contribution >= 4 is 5.97 Å². The fourth-order valence-corrected chi connectivity index (χ4v) is 2.97. The normalized spacial score (nSPS) is 44.4. The number of carboxylic acid groups (broad SMARTS) is 1. The maximum absolute atomic E-state index is 10.9. The van der Waals surface area contributed by atoms with Crippen LogP contribution in [0.5, 0.6) is 0 Å². The van der Waals surface area contributed by atoms with Crippen LogP contribution in [0.15, 0.2) is 0 Å². The molecule has 0 amide bonds. The van der Waals surface area contributed by atoms with Crippen molar-refractivity contribution in [2.75, 3.05) is 0 Å². The molecule has 3 atom stereocenters. The lowest BCUT2D eigenvalue weighted by Crippen LogP contribution is -2.52. The van der Waals surface area contributed by atoms with Crippen LogP contribution in [0, 0.1) is 11.8 Å². The molecule has 2 aliphatic carbocycles. The summed E-state index contributed by atoms with van der Waals surface area (Å²) in [5, 5.41) is 8.99. The van der Waals surface area contributed by atoms with E-state index in [1.807, 2.05) is 0 Å². The van der Waals surface area contributed by atoms with Crippen LogP contribution in [0.2, 0.25) is 0 Å². The topological polar surface area (TPSA) is 63.3 Å². The summed E-state index contributed by atoms with van der Waals surface area (Å²) in [6, 6.07) is 0. The fourth-order valence-electron chi connectivity index (χ4n) is 2.97. The number of nitrogens with two attached hydrogens (primary N) is 1. The van der Waals surface area contributed by atoms with Crippen LogP contribution in [-0.2, 0) is 4.79 Å². The molecule has 0 radical (unpaired) electrons. The second kappa shape index (κ2) is 2.98. The minimum atomic E-state index is -0.911. The van der Waals surface area contributed by atoms with Crippen molar-refractivity contribution in [3.05, 3.63) is 0 Å². The van der Waals surface area contributed by atoms with Crippen LogP contribution in [-0.4, -0.2) is 16.6 Å². The van der Waals surface area contributed by atoms with Gasteiger partial charge < -0.3 is 10.8 Å². The molecule has 0 aromatic carbocycles. The van der Waals surface area contributed by atoms with Gasteiger partial charge in [-0.05, 0) is 31.1 Å². The van der Waals surface area contributed by atoms with Crippen molar-refractivity contribution in [3.63, 3.8) is 0 Å². The molecule has 0 aliphatic heterocycles. The van der Waals surface area contributed by atoms with Gasteiger partial charge in [0.15, 0.2) is 0 Å². The molecule has 74 valence electrons. The first kappa shape index (κ1) is 9.00. The van der Waals surface area contributed by atoms with E-state index < -0.39 is 11.5 Å². The first-order chi connectivity index (χ1) is 6.12. The molecule has 3 unspecified atom stereocenters. The number of rotatable bonds is 1. The quantitative estimate of drug-likeness (QED) is 0.645. The molecule has 0 saturated heterocycles. The maximum atomic E-state index is 10.9. The lowest BCUT2D eigenvalue weighted by atomic mass is 9.72. The third kappa shape index (κ3) is 1.46. The fraction of sp³-hybridized carbons (Fsp3) is 0.900. The van der Waals surface area contributed by atoms with Gasteiger partial charge in [0.25, 0.3) is 0 Å². The third-order valence-electron chi connectivity index (χ3n) is 3.83. The number of aliphatic carboxylic acids is 1. The van der Waals surface area contributed by atoms with Crippen molar-refractivity contribution in [2.24, 2.45) is 17.6 Å². The predicted molar refractivity (Wildman–Crippen MR) is 49.2 cm³/mol. The zero-order valence-corrected chi connectivity index (χ0v) is 7.83.